The second kappa shape index (κ2) is 6.33. The average Bonchev–Trinajstić information content (AvgIpc) is 2.97. The topological polar surface area (TPSA) is 55.6 Å². The Hall–Kier alpha value is -3.08. The molecule has 0 saturated carbocycles. The highest BCUT2D eigenvalue weighted by molar-refractivity contribution is 6.00. The normalized spacial score (nSPS) is 16.3. The van der Waals surface area contributed by atoms with Gasteiger partial charge >= 0.3 is 0 Å². The van der Waals surface area contributed by atoms with Crippen molar-refractivity contribution < 1.29 is 14.1 Å². The molecule has 0 saturated heterocycles. The molecule has 1 aromatic heterocycles. The number of rotatable bonds is 3. The second-order valence-corrected chi connectivity index (χ2v) is 6.54. The van der Waals surface area contributed by atoms with Crippen LogP contribution in [0.3, 0.4) is 0 Å². The van der Waals surface area contributed by atoms with Crippen LogP contribution in [0.2, 0.25) is 0 Å². The molecule has 1 aliphatic heterocycles. The summed E-state index contributed by atoms with van der Waals surface area (Å²) in [5.74, 6) is 1.38. The van der Waals surface area contributed by atoms with Crippen LogP contribution in [0.15, 0.2) is 53.1 Å². The Morgan fingerprint density at radius 3 is 2.54 bits per heavy atom. The molecule has 0 bridgehead atoms. The monoisotopic (exact) mass is 348 g/mol. The number of hydrogen-bond acceptors (Lipinski definition) is 4. The number of carbonyl (C=O) groups excluding carboxylic acids is 1. The van der Waals surface area contributed by atoms with Gasteiger partial charge in [-0.25, -0.2) is 0 Å². The molecular weight excluding hydrogens is 328 g/mol. The van der Waals surface area contributed by atoms with Crippen molar-refractivity contribution in [3.63, 3.8) is 0 Å². The van der Waals surface area contributed by atoms with Crippen molar-refractivity contribution in [3.8, 4) is 16.9 Å². The van der Waals surface area contributed by atoms with E-state index < -0.39 is 6.10 Å². The van der Waals surface area contributed by atoms with Gasteiger partial charge in [0.15, 0.2) is 6.10 Å². The molecule has 2 aromatic carbocycles. The lowest BCUT2D eigenvalue weighted by Gasteiger charge is -2.33. The van der Waals surface area contributed by atoms with E-state index in [4.69, 9.17) is 9.26 Å². The average molecular weight is 348 g/mol. The van der Waals surface area contributed by atoms with E-state index in [1.165, 1.54) is 0 Å². The minimum Gasteiger partial charge on any atom is -0.479 e. The van der Waals surface area contributed by atoms with Gasteiger partial charge in [-0.2, -0.15) is 0 Å². The quantitative estimate of drug-likeness (QED) is 0.709. The first-order chi connectivity index (χ1) is 12.5. The third-order valence-electron chi connectivity index (χ3n) is 4.77. The minimum absolute atomic E-state index is 0.0669. The van der Waals surface area contributed by atoms with Crippen molar-refractivity contribution in [2.75, 3.05) is 4.90 Å². The van der Waals surface area contributed by atoms with Crippen molar-refractivity contribution in [1.29, 1.82) is 0 Å². The van der Waals surface area contributed by atoms with Gasteiger partial charge in [-0.05, 0) is 44.0 Å². The Morgan fingerprint density at radius 2 is 1.85 bits per heavy atom. The number of fused-ring (bicyclic) bond motifs is 1. The van der Waals surface area contributed by atoms with Gasteiger partial charge < -0.3 is 14.2 Å². The summed E-state index contributed by atoms with van der Waals surface area (Å²) in [5.41, 5.74) is 4.64. The Balaban J connectivity index is 1.79. The molecule has 0 radical (unpaired) electrons. The fourth-order valence-corrected chi connectivity index (χ4v) is 3.27. The lowest BCUT2D eigenvalue weighted by molar-refractivity contribution is -0.125. The number of ether oxygens (including phenoxy) is 1. The summed E-state index contributed by atoms with van der Waals surface area (Å²) in [6, 6.07) is 16.0. The number of anilines is 1. The molecule has 1 amide bonds. The number of aromatic nitrogens is 1. The van der Waals surface area contributed by atoms with Crippen molar-refractivity contribution in [2.24, 2.45) is 0 Å². The zero-order chi connectivity index (χ0) is 18.3. The summed E-state index contributed by atoms with van der Waals surface area (Å²) in [7, 11) is 0. The lowest BCUT2D eigenvalue weighted by atomic mass is 10.0. The molecule has 0 aliphatic carbocycles. The smallest absolute Gasteiger partial charge is 0.268 e. The number of aryl methyl sites for hydroxylation is 2. The first-order valence-corrected chi connectivity index (χ1v) is 8.64. The molecule has 0 spiro atoms. The molecular formula is C21H20N2O3. The fraction of sp³-hybridized carbons (Fsp3) is 0.238. The first kappa shape index (κ1) is 16.4. The Kier molecular flexibility index (Phi) is 3.99. The van der Waals surface area contributed by atoms with Crippen LogP contribution in [0.1, 0.15) is 23.9 Å². The summed E-state index contributed by atoms with van der Waals surface area (Å²) >= 11 is 0. The zero-order valence-corrected chi connectivity index (χ0v) is 15.0. The summed E-state index contributed by atoms with van der Waals surface area (Å²) in [6.45, 7) is 5.95. The molecule has 1 atom stereocenters. The van der Waals surface area contributed by atoms with Gasteiger partial charge in [0.05, 0.1) is 17.9 Å². The van der Waals surface area contributed by atoms with Crippen molar-refractivity contribution in [2.45, 2.75) is 33.4 Å². The number of amides is 1. The van der Waals surface area contributed by atoms with E-state index in [9.17, 15) is 4.79 Å². The van der Waals surface area contributed by atoms with E-state index in [0.29, 0.717) is 12.3 Å². The predicted octanol–water partition coefficient (Wildman–Crippen LogP) is 4.27. The Labute approximate surface area is 152 Å². The third kappa shape index (κ3) is 2.75. The van der Waals surface area contributed by atoms with E-state index >= 15 is 0 Å². The van der Waals surface area contributed by atoms with E-state index in [0.717, 1.165) is 33.8 Å². The molecule has 5 heteroatoms. The van der Waals surface area contributed by atoms with E-state index in [2.05, 4.69) is 17.3 Å². The lowest BCUT2D eigenvalue weighted by Crippen LogP contribution is -2.44. The van der Waals surface area contributed by atoms with E-state index in [-0.39, 0.29) is 5.91 Å². The van der Waals surface area contributed by atoms with Crippen LogP contribution >= 0.6 is 0 Å². The minimum atomic E-state index is -0.523. The Bertz CT molecular complexity index is 943. The molecule has 1 unspecified atom stereocenters. The second-order valence-electron chi connectivity index (χ2n) is 6.54. The molecule has 4 rings (SSSR count). The van der Waals surface area contributed by atoms with E-state index in [1.807, 2.05) is 50.2 Å². The van der Waals surface area contributed by atoms with Crippen LogP contribution in [0.4, 0.5) is 5.69 Å². The van der Waals surface area contributed by atoms with Gasteiger partial charge in [-0.15, -0.1) is 0 Å². The van der Waals surface area contributed by atoms with Crippen LogP contribution in [0.5, 0.6) is 5.75 Å². The molecule has 3 aromatic rings. The molecule has 132 valence electrons. The van der Waals surface area contributed by atoms with Gasteiger partial charge in [0.2, 0.25) is 0 Å². The van der Waals surface area contributed by atoms with Crippen molar-refractivity contribution in [3.05, 3.63) is 65.5 Å². The highest BCUT2D eigenvalue weighted by atomic mass is 16.5. The number of benzene rings is 2. The maximum Gasteiger partial charge on any atom is 0.268 e. The summed E-state index contributed by atoms with van der Waals surface area (Å²) in [6.07, 6.45) is -0.523. The highest BCUT2D eigenvalue weighted by Gasteiger charge is 2.33. The van der Waals surface area contributed by atoms with Gasteiger partial charge in [0, 0.05) is 5.56 Å². The number of carbonyl (C=O) groups is 1. The molecule has 2 heterocycles. The standard InChI is InChI=1S/C21H20N2O3/c1-13-18(14(2)26-22-13)12-23-19-11-17(16-7-5-4-6-8-16)9-10-20(19)25-15(3)21(23)24/h4-11,15H,12H2,1-3H3. The largest absolute Gasteiger partial charge is 0.479 e. The summed E-state index contributed by atoms with van der Waals surface area (Å²) < 4.78 is 11.1. The number of nitrogens with zero attached hydrogens (tertiary/aromatic N) is 2. The maximum atomic E-state index is 12.8. The number of hydrogen-bond donors (Lipinski definition) is 0. The first-order valence-electron chi connectivity index (χ1n) is 8.64. The molecule has 26 heavy (non-hydrogen) atoms. The summed E-state index contributed by atoms with van der Waals surface area (Å²) in [5, 5.41) is 4.00. The van der Waals surface area contributed by atoms with Gasteiger partial charge in [-0.3, -0.25) is 4.79 Å². The third-order valence-corrected chi connectivity index (χ3v) is 4.77. The van der Waals surface area contributed by atoms with Crippen molar-refractivity contribution >= 4 is 11.6 Å². The van der Waals surface area contributed by atoms with Crippen LogP contribution in [-0.2, 0) is 11.3 Å². The SMILES string of the molecule is Cc1noc(C)c1CN1C(=O)C(C)Oc2ccc(-c3ccccc3)cc21. The molecule has 5 nitrogen and oxygen atoms in total. The summed E-state index contributed by atoms with van der Waals surface area (Å²) in [4.78, 5) is 14.6. The predicted molar refractivity (Wildman–Crippen MR) is 99.1 cm³/mol. The van der Waals surface area contributed by atoms with E-state index in [1.54, 1.807) is 11.8 Å². The zero-order valence-electron chi connectivity index (χ0n) is 15.0. The van der Waals surface area contributed by atoms with Crippen LogP contribution in [0.25, 0.3) is 11.1 Å². The van der Waals surface area contributed by atoms with Crippen LogP contribution in [-0.4, -0.2) is 17.2 Å². The molecule has 1 aliphatic rings. The van der Waals surface area contributed by atoms with Gasteiger partial charge in [0.25, 0.3) is 5.91 Å². The Morgan fingerprint density at radius 1 is 1.08 bits per heavy atom. The van der Waals surface area contributed by atoms with Crippen molar-refractivity contribution in [1.82, 2.24) is 5.16 Å². The molecule has 0 N–H and O–H groups in total. The van der Waals surface area contributed by atoms with Gasteiger partial charge in [0.1, 0.15) is 11.5 Å². The fourth-order valence-electron chi connectivity index (χ4n) is 3.27. The highest BCUT2D eigenvalue weighted by Crippen LogP contribution is 2.38. The van der Waals surface area contributed by atoms with Crippen LogP contribution in [0, 0.1) is 13.8 Å². The molecule has 0 fully saturated rings. The van der Waals surface area contributed by atoms with Gasteiger partial charge in [-0.1, -0.05) is 41.6 Å². The van der Waals surface area contributed by atoms with Crippen LogP contribution < -0.4 is 9.64 Å². The maximum absolute atomic E-state index is 12.8.